The number of aromatic nitrogens is 1. The van der Waals surface area contributed by atoms with E-state index in [4.69, 9.17) is 0 Å². The molecule has 0 radical (unpaired) electrons. The molecule has 0 aliphatic rings. The summed E-state index contributed by atoms with van der Waals surface area (Å²) in [6.07, 6.45) is 0. The molecular weight excluding hydrogens is 216 g/mol. The summed E-state index contributed by atoms with van der Waals surface area (Å²) >= 11 is 1.46. The third-order valence-corrected chi connectivity index (χ3v) is 2.97. The minimum absolute atomic E-state index is 0.0469. The highest BCUT2D eigenvalue weighted by Crippen LogP contribution is 2.25. The van der Waals surface area contributed by atoms with Crippen LogP contribution >= 0.6 is 11.3 Å². The molecule has 0 aliphatic heterocycles. The predicted octanol–water partition coefficient (Wildman–Crippen LogP) is 3.71. The normalized spacial score (nSPS) is 10.7. The molecule has 2 rings (SSSR count). The lowest BCUT2D eigenvalue weighted by atomic mass is 10.1. The van der Waals surface area contributed by atoms with Crippen molar-refractivity contribution in [2.24, 2.45) is 0 Å². The summed E-state index contributed by atoms with van der Waals surface area (Å²) in [7, 11) is 0. The molecule has 0 bridgehead atoms. The standard InChI is InChI=1S/C11H9F2NS/c1-6-9(12)3-8(4-10(6)13)11-5-15-7(2)14-11/h3-5H,1-2H3. The zero-order valence-corrected chi connectivity index (χ0v) is 9.16. The summed E-state index contributed by atoms with van der Waals surface area (Å²) in [5.41, 5.74) is 1.15. The number of nitrogens with zero attached hydrogens (tertiary/aromatic N) is 1. The zero-order chi connectivity index (χ0) is 11.0. The molecule has 78 valence electrons. The van der Waals surface area contributed by atoms with Crippen LogP contribution in [-0.4, -0.2) is 4.98 Å². The van der Waals surface area contributed by atoms with E-state index in [1.54, 1.807) is 5.38 Å². The van der Waals surface area contributed by atoms with Gasteiger partial charge in [-0.15, -0.1) is 11.3 Å². The second-order valence-electron chi connectivity index (χ2n) is 3.32. The van der Waals surface area contributed by atoms with Gasteiger partial charge in [0.25, 0.3) is 0 Å². The maximum Gasteiger partial charge on any atom is 0.129 e. The first-order valence-electron chi connectivity index (χ1n) is 4.46. The fourth-order valence-corrected chi connectivity index (χ4v) is 1.91. The molecule has 2 aromatic rings. The SMILES string of the molecule is Cc1nc(-c2cc(F)c(C)c(F)c2)cs1. The topological polar surface area (TPSA) is 12.9 Å². The minimum atomic E-state index is -0.532. The van der Waals surface area contributed by atoms with Gasteiger partial charge in [0.1, 0.15) is 11.6 Å². The Labute approximate surface area is 90.4 Å². The van der Waals surface area contributed by atoms with Crippen LogP contribution in [0.3, 0.4) is 0 Å². The van der Waals surface area contributed by atoms with Crippen molar-refractivity contribution < 1.29 is 8.78 Å². The number of halogens is 2. The summed E-state index contributed by atoms with van der Waals surface area (Å²) < 4.78 is 26.5. The summed E-state index contributed by atoms with van der Waals surface area (Å²) in [6.45, 7) is 3.27. The van der Waals surface area contributed by atoms with Crippen LogP contribution in [0.2, 0.25) is 0 Å². The van der Waals surface area contributed by atoms with Gasteiger partial charge in [0.05, 0.1) is 10.7 Å². The maximum absolute atomic E-state index is 13.3. The summed E-state index contributed by atoms with van der Waals surface area (Å²) in [5.74, 6) is -1.06. The molecule has 1 heterocycles. The molecule has 0 saturated carbocycles. The van der Waals surface area contributed by atoms with Gasteiger partial charge in [0, 0.05) is 16.5 Å². The number of benzene rings is 1. The van der Waals surface area contributed by atoms with E-state index in [0.29, 0.717) is 11.3 Å². The van der Waals surface area contributed by atoms with Crippen molar-refractivity contribution in [3.8, 4) is 11.3 Å². The maximum atomic E-state index is 13.3. The van der Waals surface area contributed by atoms with Gasteiger partial charge in [0.2, 0.25) is 0 Å². The Morgan fingerprint density at radius 3 is 2.20 bits per heavy atom. The first kappa shape index (κ1) is 10.2. The Balaban J connectivity index is 2.55. The number of thiazole rings is 1. The molecule has 1 aromatic heterocycles. The molecule has 0 atom stereocenters. The molecular formula is C11H9F2NS. The summed E-state index contributed by atoms with van der Waals surface area (Å²) in [6, 6.07) is 2.62. The van der Waals surface area contributed by atoms with Crippen LogP contribution < -0.4 is 0 Å². The van der Waals surface area contributed by atoms with Crippen molar-refractivity contribution >= 4 is 11.3 Å². The Morgan fingerprint density at radius 2 is 1.73 bits per heavy atom. The molecule has 1 nitrogen and oxygen atoms in total. The number of rotatable bonds is 1. The first-order valence-corrected chi connectivity index (χ1v) is 5.34. The summed E-state index contributed by atoms with van der Waals surface area (Å²) in [4.78, 5) is 4.18. The Morgan fingerprint density at radius 1 is 1.13 bits per heavy atom. The van der Waals surface area contributed by atoms with Crippen LogP contribution in [0.1, 0.15) is 10.6 Å². The average molecular weight is 225 g/mol. The van der Waals surface area contributed by atoms with E-state index >= 15 is 0 Å². The second kappa shape index (κ2) is 3.70. The quantitative estimate of drug-likeness (QED) is 0.721. The third kappa shape index (κ3) is 1.90. The highest BCUT2D eigenvalue weighted by atomic mass is 32.1. The predicted molar refractivity (Wildman–Crippen MR) is 56.9 cm³/mol. The highest BCUT2D eigenvalue weighted by molar-refractivity contribution is 7.09. The first-order chi connectivity index (χ1) is 7.08. The lowest BCUT2D eigenvalue weighted by Gasteiger charge is -2.01. The van der Waals surface area contributed by atoms with Crippen molar-refractivity contribution in [3.05, 3.63) is 39.7 Å². The lowest BCUT2D eigenvalue weighted by molar-refractivity contribution is 0.569. The molecule has 0 fully saturated rings. The number of aryl methyl sites for hydroxylation is 1. The van der Waals surface area contributed by atoms with Crippen LogP contribution in [-0.2, 0) is 0 Å². The molecule has 0 amide bonds. The Kier molecular flexibility index (Phi) is 2.52. The van der Waals surface area contributed by atoms with Crippen LogP contribution in [0.4, 0.5) is 8.78 Å². The van der Waals surface area contributed by atoms with Crippen molar-refractivity contribution in [3.63, 3.8) is 0 Å². The van der Waals surface area contributed by atoms with Gasteiger partial charge >= 0.3 is 0 Å². The van der Waals surface area contributed by atoms with Crippen LogP contribution in [0, 0.1) is 25.5 Å². The molecule has 0 spiro atoms. The van der Waals surface area contributed by atoms with Gasteiger partial charge in [-0.05, 0) is 26.0 Å². The fraction of sp³-hybridized carbons (Fsp3) is 0.182. The average Bonchev–Trinajstić information content (AvgIpc) is 2.60. The van der Waals surface area contributed by atoms with E-state index in [1.807, 2.05) is 6.92 Å². The molecule has 1 aromatic carbocycles. The molecule has 15 heavy (non-hydrogen) atoms. The van der Waals surface area contributed by atoms with E-state index in [0.717, 1.165) is 5.01 Å². The van der Waals surface area contributed by atoms with Gasteiger partial charge < -0.3 is 0 Å². The monoisotopic (exact) mass is 225 g/mol. The minimum Gasteiger partial charge on any atom is -0.242 e. The van der Waals surface area contributed by atoms with Crippen LogP contribution in [0.15, 0.2) is 17.5 Å². The van der Waals surface area contributed by atoms with Crippen LogP contribution in [0.25, 0.3) is 11.3 Å². The molecule has 0 aliphatic carbocycles. The molecule has 4 heteroatoms. The van der Waals surface area contributed by atoms with Gasteiger partial charge in [-0.3, -0.25) is 0 Å². The van der Waals surface area contributed by atoms with Crippen molar-refractivity contribution in [1.29, 1.82) is 0 Å². The Hall–Kier alpha value is -1.29. The number of hydrogen-bond donors (Lipinski definition) is 0. The van der Waals surface area contributed by atoms with Crippen molar-refractivity contribution in [2.45, 2.75) is 13.8 Å². The number of hydrogen-bond acceptors (Lipinski definition) is 2. The van der Waals surface area contributed by atoms with Crippen LogP contribution in [0.5, 0.6) is 0 Å². The van der Waals surface area contributed by atoms with E-state index in [1.165, 1.54) is 30.4 Å². The van der Waals surface area contributed by atoms with E-state index in [2.05, 4.69) is 4.98 Å². The van der Waals surface area contributed by atoms with E-state index in [9.17, 15) is 8.78 Å². The zero-order valence-electron chi connectivity index (χ0n) is 8.34. The summed E-state index contributed by atoms with van der Waals surface area (Å²) in [5, 5.41) is 2.67. The van der Waals surface area contributed by atoms with Crippen molar-refractivity contribution in [1.82, 2.24) is 4.98 Å². The second-order valence-corrected chi connectivity index (χ2v) is 4.38. The van der Waals surface area contributed by atoms with E-state index < -0.39 is 11.6 Å². The van der Waals surface area contributed by atoms with Gasteiger partial charge in [-0.2, -0.15) is 0 Å². The molecule has 0 saturated heterocycles. The largest absolute Gasteiger partial charge is 0.242 e. The van der Waals surface area contributed by atoms with E-state index in [-0.39, 0.29) is 5.56 Å². The highest BCUT2D eigenvalue weighted by Gasteiger charge is 2.09. The third-order valence-electron chi connectivity index (χ3n) is 2.20. The van der Waals surface area contributed by atoms with Gasteiger partial charge in [-0.25, -0.2) is 13.8 Å². The smallest absolute Gasteiger partial charge is 0.129 e. The molecule has 0 N–H and O–H groups in total. The van der Waals surface area contributed by atoms with Gasteiger partial charge in [-0.1, -0.05) is 0 Å². The van der Waals surface area contributed by atoms with Gasteiger partial charge in [0.15, 0.2) is 0 Å². The fourth-order valence-electron chi connectivity index (χ4n) is 1.29. The lowest BCUT2D eigenvalue weighted by Crippen LogP contribution is -1.90. The Bertz CT molecular complexity index is 482. The van der Waals surface area contributed by atoms with Crippen molar-refractivity contribution in [2.75, 3.05) is 0 Å². The molecule has 0 unspecified atom stereocenters.